The van der Waals surface area contributed by atoms with Gasteiger partial charge in [0.25, 0.3) is 0 Å². The lowest BCUT2D eigenvalue weighted by atomic mass is 9.94. The first-order valence-electron chi connectivity index (χ1n) is 7.32. The fraction of sp³-hybridized carbons (Fsp3) is 0.100. The van der Waals surface area contributed by atoms with E-state index in [0.29, 0.717) is 5.02 Å². The van der Waals surface area contributed by atoms with Gasteiger partial charge >= 0.3 is 0 Å². The largest absolute Gasteiger partial charge is 0.398 e. The standard InChI is InChI=1S/C20H18ClN/c1-14-6-8-15(9-7-14)12-16-4-2-3-5-18(16)19-13-17(21)10-11-20(19)22/h2-11,13H,12,22H2,1H3. The monoisotopic (exact) mass is 307 g/mol. The van der Waals surface area contributed by atoms with Crippen molar-refractivity contribution < 1.29 is 0 Å². The molecule has 0 unspecified atom stereocenters. The lowest BCUT2D eigenvalue weighted by Crippen LogP contribution is -1.95. The molecule has 0 heterocycles. The summed E-state index contributed by atoms with van der Waals surface area (Å²) < 4.78 is 0. The highest BCUT2D eigenvalue weighted by Crippen LogP contribution is 2.32. The molecular formula is C20H18ClN. The Bertz CT molecular complexity index is 791. The van der Waals surface area contributed by atoms with Crippen molar-refractivity contribution in [2.75, 3.05) is 5.73 Å². The van der Waals surface area contributed by atoms with Crippen LogP contribution >= 0.6 is 11.6 Å². The maximum atomic E-state index is 6.14. The van der Waals surface area contributed by atoms with Gasteiger partial charge in [0.2, 0.25) is 0 Å². The predicted octanol–water partition coefficient (Wildman–Crippen LogP) is 5.49. The third-order valence-electron chi connectivity index (χ3n) is 3.84. The Morgan fingerprint density at radius 3 is 2.36 bits per heavy atom. The Labute approximate surface area is 136 Å². The normalized spacial score (nSPS) is 10.6. The van der Waals surface area contributed by atoms with E-state index in [1.54, 1.807) is 0 Å². The number of nitrogens with two attached hydrogens (primary N) is 1. The van der Waals surface area contributed by atoms with Gasteiger partial charge in [-0.05, 0) is 48.2 Å². The van der Waals surface area contributed by atoms with E-state index in [9.17, 15) is 0 Å². The molecule has 0 amide bonds. The molecule has 0 aliphatic carbocycles. The van der Waals surface area contributed by atoms with E-state index in [1.165, 1.54) is 16.7 Å². The van der Waals surface area contributed by atoms with Crippen molar-refractivity contribution in [2.24, 2.45) is 0 Å². The molecule has 0 aliphatic rings. The van der Waals surface area contributed by atoms with Crippen LogP contribution in [0.5, 0.6) is 0 Å². The number of nitrogen functional groups attached to an aromatic ring is 1. The molecule has 0 spiro atoms. The SMILES string of the molecule is Cc1ccc(Cc2ccccc2-c2cc(Cl)ccc2N)cc1. The highest BCUT2D eigenvalue weighted by molar-refractivity contribution is 6.31. The smallest absolute Gasteiger partial charge is 0.0413 e. The zero-order chi connectivity index (χ0) is 15.5. The van der Waals surface area contributed by atoms with Gasteiger partial charge in [-0.25, -0.2) is 0 Å². The summed E-state index contributed by atoms with van der Waals surface area (Å²) in [5, 5.41) is 0.703. The van der Waals surface area contributed by atoms with Crippen molar-refractivity contribution in [3.05, 3.63) is 88.4 Å². The summed E-state index contributed by atoms with van der Waals surface area (Å²) in [7, 11) is 0. The first-order chi connectivity index (χ1) is 10.6. The molecule has 3 aromatic rings. The summed E-state index contributed by atoms with van der Waals surface area (Å²) in [4.78, 5) is 0. The number of hydrogen-bond donors (Lipinski definition) is 1. The molecule has 0 bridgehead atoms. The number of anilines is 1. The van der Waals surface area contributed by atoms with Gasteiger partial charge in [0.15, 0.2) is 0 Å². The Hall–Kier alpha value is -2.25. The minimum absolute atomic E-state index is 0.703. The molecule has 0 saturated heterocycles. The van der Waals surface area contributed by atoms with Crippen LogP contribution < -0.4 is 5.73 Å². The third kappa shape index (κ3) is 3.15. The van der Waals surface area contributed by atoms with Crippen molar-refractivity contribution in [2.45, 2.75) is 13.3 Å². The molecule has 0 fully saturated rings. The van der Waals surface area contributed by atoms with Gasteiger partial charge in [0, 0.05) is 16.3 Å². The van der Waals surface area contributed by atoms with Crippen LogP contribution in [0.25, 0.3) is 11.1 Å². The second kappa shape index (κ2) is 6.25. The maximum absolute atomic E-state index is 6.14. The molecule has 22 heavy (non-hydrogen) atoms. The summed E-state index contributed by atoms with van der Waals surface area (Å²) >= 11 is 6.14. The van der Waals surface area contributed by atoms with Gasteiger partial charge in [0.05, 0.1) is 0 Å². The number of halogens is 1. The maximum Gasteiger partial charge on any atom is 0.0413 e. The van der Waals surface area contributed by atoms with Gasteiger partial charge < -0.3 is 5.73 Å². The summed E-state index contributed by atoms with van der Waals surface area (Å²) in [5.74, 6) is 0. The lowest BCUT2D eigenvalue weighted by Gasteiger charge is -2.12. The van der Waals surface area contributed by atoms with Crippen molar-refractivity contribution in [1.82, 2.24) is 0 Å². The Morgan fingerprint density at radius 2 is 1.59 bits per heavy atom. The predicted molar refractivity (Wildman–Crippen MR) is 95.3 cm³/mol. The second-order valence-corrected chi connectivity index (χ2v) is 5.99. The average Bonchev–Trinajstić information content (AvgIpc) is 2.53. The van der Waals surface area contributed by atoms with Gasteiger partial charge in [-0.2, -0.15) is 0 Å². The highest BCUT2D eigenvalue weighted by atomic mass is 35.5. The molecular weight excluding hydrogens is 290 g/mol. The molecule has 0 atom stereocenters. The molecule has 0 aromatic heterocycles. The third-order valence-corrected chi connectivity index (χ3v) is 4.07. The van der Waals surface area contributed by atoms with Crippen molar-refractivity contribution >= 4 is 17.3 Å². The quantitative estimate of drug-likeness (QED) is 0.636. The van der Waals surface area contributed by atoms with Crippen LogP contribution in [-0.2, 0) is 6.42 Å². The molecule has 0 aliphatic heterocycles. The van der Waals surface area contributed by atoms with Crippen LogP contribution in [0.4, 0.5) is 5.69 Å². The Balaban J connectivity index is 2.03. The van der Waals surface area contributed by atoms with Crippen LogP contribution in [0.15, 0.2) is 66.7 Å². The van der Waals surface area contributed by atoms with Crippen LogP contribution in [0.2, 0.25) is 5.02 Å². The minimum Gasteiger partial charge on any atom is -0.398 e. The summed E-state index contributed by atoms with van der Waals surface area (Å²) in [6.07, 6.45) is 0.877. The number of rotatable bonds is 3. The molecule has 0 saturated carbocycles. The summed E-state index contributed by atoms with van der Waals surface area (Å²) in [6.45, 7) is 2.10. The molecule has 2 heteroatoms. The molecule has 2 N–H and O–H groups in total. The lowest BCUT2D eigenvalue weighted by molar-refractivity contribution is 1.19. The first-order valence-corrected chi connectivity index (χ1v) is 7.70. The van der Waals surface area contributed by atoms with E-state index in [4.69, 9.17) is 17.3 Å². The van der Waals surface area contributed by atoms with Gasteiger partial charge in [-0.15, -0.1) is 0 Å². The average molecular weight is 308 g/mol. The zero-order valence-electron chi connectivity index (χ0n) is 12.5. The molecule has 110 valence electrons. The van der Waals surface area contributed by atoms with E-state index in [-0.39, 0.29) is 0 Å². The highest BCUT2D eigenvalue weighted by Gasteiger charge is 2.09. The van der Waals surface area contributed by atoms with Gasteiger partial charge in [0.1, 0.15) is 0 Å². The van der Waals surface area contributed by atoms with E-state index >= 15 is 0 Å². The number of benzene rings is 3. The van der Waals surface area contributed by atoms with Crippen LogP contribution in [0, 0.1) is 6.92 Å². The Morgan fingerprint density at radius 1 is 0.864 bits per heavy atom. The van der Waals surface area contributed by atoms with E-state index < -0.39 is 0 Å². The van der Waals surface area contributed by atoms with Crippen molar-refractivity contribution in [3.8, 4) is 11.1 Å². The van der Waals surface area contributed by atoms with E-state index in [1.807, 2.05) is 24.3 Å². The summed E-state index contributed by atoms with van der Waals surface area (Å²) in [6, 6.07) is 22.6. The van der Waals surface area contributed by atoms with E-state index in [0.717, 1.165) is 23.2 Å². The number of hydrogen-bond acceptors (Lipinski definition) is 1. The minimum atomic E-state index is 0.703. The Kier molecular flexibility index (Phi) is 4.17. The fourth-order valence-electron chi connectivity index (χ4n) is 2.62. The first kappa shape index (κ1) is 14.7. The zero-order valence-corrected chi connectivity index (χ0v) is 13.3. The topological polar surface area (TPSA) is 26.0 Å². The number of aryl methyl sites for hydroxylation is 1. The molecule has 1 nitrogen and oxygen atoms in total. The van der Waals surface area contributed by atoms with Crippen molar-refractivity contribution in [1.29, 1.82) is 0 Å². The molecule has 0 radical (unpaired) electrons. The van der Waals surface area contributed by atoms with Gasteiger partial charge in [-0.3, -0.25) is 0 Å². The van der Waals surface area contributed by atoms with Crippen LogP contribution in [0.1, 0.15) is 16.7 Å². The molecule has 3 rings (SSSR count). The van der Waals surface area contributed by atoms with E-state index in [2.05, 4.69) is 49.4 Å². The fourth-order valence-corrected chi connectivity index (χ4v) is 2.80. The second-order valence-electron chi connectivity index (χ2n) is 5.55. The summed E-state index contributed by atoms with van der Waals surface area (Å²) in [5.41, 5.74) is 12.8. The molecule has 3 aromatic carbocycles. The van der Waals surface area contributed by atoms with Crippen LogP contribution in [0.3, 0.4) is 0 Å². The van der Waals surface area contributed by atoms with Crippen molar-refractivity contribution in [3.63, 3.8) is 0 Å². The van der Waals surface area contributed by atoms with Crippen LogP contribution in [-0.4, -0.2) is 0 Å². The van der Waals surface area contributed by atoms with Gasteiger partial charge in [-0.1, -0.05) is 65.7 Å².